The first-order valence-electron chi connectivity index (χ1n) is 43.2. The van der Waals surface area contributed by atoms with Crippen molar-refractivity contribution >= 4 is 39.5 Å². The van der Waals surface area contributed by atoms with E-state index < -0.39 is 97.5 Å². The number of hydrogen-bond donors (Lipinski definition) is 3. The summed E-state index contributed by atoms with van der Waals surface area (Å²) >= 11 is 0. The van der Waals surface area contributed by atoms with Crippen LogP contribution in [0.2, 0.25) is 0 Å². The summed E-state index contributed by atoms with van der Waals surface area (Å²) in [5, 5.41) is 10.7. The van der Waals surface area contributed by atoms with Gasteiger partial charge in [0.2, 0.25) is 0 Å². The number of carbonyl (C=O) groups excluding carboxylic acids is 4. The standard InChI is InChI=1S/C85H162O17P2/c1-8-11-12-13-14-15-16-17-22-30-35-40-45-54-61-68-84(89)101-80(72-95-82(87)66-59-52-44-39-34-29-24-21-19-18-20-23-28-33-38-43-50-57-64-77(6)9-2)74-99-103(91,92)97-70-79(86)71-98-104(93,94)100-75-81(73-96-83(88)67-60-53-48-47-51-58-65-78(7)10-3)102-85(90)69-62-55-46-41-36-31-26-25-27-32-37-42-49-56-63-76(4)5/h15-17,22,76-81,86H,8-14,18-21,23-75H2,1-7H3,(H,91,92)(H,93,94)/b16-15-,22-17-/t77?,78?,79-,80-,81-/m1/s1. The maximum Gasteiger partial charge on any atom is 0.472 e. The molecule has 0 fully saturated rings. The first kappa shape index (κ1) is 102. The van der Waals surface area contributed by atoms with E-state index in [4.69, 9.17) is 37.0 Å². The lowest BCUT2D eigenvalue weighted by Gasteiger charge is -2.21. The Balaban J connectivity index is 5.23. The summed E-state index contributed by atoms with van der Waals surface area (Å²) in [5.41, 5.74) is 0. The Kier molecular flexibility index (Phi) is 72.9. The van der Waals surface area contributed by atoms with Crippen LogP contribution in [0, 0.1) is 17.8 Å². The van der Waals surface area contributed by atoms with Crippen molar-refractivity contribution in [3.05, 3.63) is 24.3 Å². The Labute approximate surface area is 637 Å². The summed E-state index contributed by atoms with van der Waals surface area (Å²) in [6, 6.07) is 0. The third kappa shape index (κ3) is 75.0. The van der Waals surface area contributed by atoms with Crippen molar-refractivity contribution in [1.82, 2.24) is 0 Å². The molecule has 0 aliphatic heterocycles. The highest BCUT2D eigenvalue weighted by Crippen LogP contribution is 2.45. The van der Waals surface area contributed by atoms with Crippen LogP contribution in [0.5, 0.6) is 0 Å². The maximum absolute atomic E-state index is 13.1. The molecule has 104 heavy (non-hydrogen) atoms. The van der Waals surface area contributed by atoms with E-state index in [2.05, 4.69) is 72.8 Å². The summed E-state index contributed by atoms with van der Waals surface area (Å²) in [6.45, 7) is 11.9. The van der Waals surface area contributed by atoms with Gasteiger partial charge in [0.05, 0.1) is 26.4 Å². The SMILES string of the molecule is CCCCCC/C=C\C=C/CCCCCCCC(=O)O[C@H](COC(=O)CCCCCCCCCCCCCCCCCCCCC(C)CC)COP(=O)(O)OC[C@@H](O)COP(=O)(O)OC[C@@H](COC(=O)CCCCCCCCC(C)CC)OC(=O)CCCCCCCCCCCCCCCCC(C)C. The van der Waals surface area contributed by atoms with Gasteiger partial charge in [-0.25, -0.2) is 9.13 Å². The average Bonchev–Trinajstić information content (AvgIpc) is 0.971. The number of aliphatic hydroxyl groups excluding tert-OH is 1. The minimum atomic E-state index is -4.97. The van der Waals surface area contributed by atoms with Crippen LogP contribution in [0.4, 0.5) is 0 Å². The van der Waals surface area contributed by atoms with Crippen LogP contribution in [0.15, 0.2) is 24.3 Å². The predicted octanol–water partition coefficient (Wildman–Crippen LogP) is 25.3. The quantitative estimate of drug-likeness (QED) is 0.0169. The Bertz CT molecular complexity index is 2110. The number of rotatable bonds is 81. The molecule has 0 saturated carbocycles. The van der Waals surface area contributed by atoms with Gasteiger partial charge in [0.25, 0.3) is 0 Å². The van der Waals surface area contributed by atoms with Crippen molar-refractivity contribution in [1.29, 1.82) is 0 Å². The molecule has 0 aromatic heterocycles. The molecule has 0 spiro atoms. The van der Waals surface area contributed by atoms with E-state index in [1.807, 2.05) is 0 Å². The van der Waals surface area contributed by atoms with Gasteiger partial charge >= 0.3 is 39.5 Å². The van der Waals surface area contributed by atoms with Crippen molar-refractivity contribution in [2.75, 3.05) is 39.6 Å². The van der Waals surface area contributed by atoms with Gasteiger partial charge in [-0.1, -0.05) is 368 Å². The fourth-order valence-corrected chi connectivity index (χ4v) is 14.2. The molecule has 0 aromatic carbocycles. The van der Waals surface area contributed by atoms with E-state index in [1.165, 1.54) is 212 Å². The number of esters is 4. The summed E-state index contributed by atoms with van der Waals surface area (Å²) in [7, 11) is -9.94. The Morgan fingerprint density at radius 1 is 0.317 bits per heavy atom. The van der Waals surface area contributed by atoms with Gasteiger partial charge in [0, 0.05) is 25.7 Å². The molecule has 3 N–H and O–H groups in total. The molecule has 0 aliphatic carbocycles. The highest BCUT2D eigenvalue weighted by molar-refractivity contribution is 7.47. The van der Waals surface area contributed by atoms with E-state index in [1.54, 1.807) is 0 Å². The van der Waals surface area contributed by atoms with Gasteiger partial charge in [0.1, 0.15) is 19.3 Å². The summed E-state index contributed by atoms with van der Waals surface area (Å²) in [5.74, 6) is 0.257. The molecular formula is C85H162O17P2. The molecule has 0 heterocycles. The molecule has 0 saturated heterocycles. The van der Waals surface area contributed by atoms with Gasteiger partial charge in [-0.2, -0.15) is 0 Å². The van der Waals surface area contributed by atoms with Crippen LogP contribution < -0.4 is 0 Å². The largest absolute Gasteiger partial charge is 0.472 e. The third-order valence-corrected chi connectivity index (χ3v) is 21.9. The average molecular weight is 1520 g/mol. The second-order valence-electron chi connectivity index (χ2n) is 30.8. The van der Waals surface area contributed by atoms with E-state index >= 15 is 0 Å². The van der Waals surface area contributed by atoms with Crippen LogP contribution >= 0.6 is 15.6 Å². The Morgan fingerprint density at radius 2 is 0.567 bits per heavy atom. The molecule has 7 atom stereocenters. The Morgan fingerprint density at radius 3 is 0.856 bits per heavy atom. The zero-order valence-electron chi connectivity index (χ0n) is 68.0. The lowest BCUT2D eigenvalue weighted by Crippen LogP contribution is -2.30. The minimum absolute atomic E-state index is 0.0853. The highest BCUT2D eigenvalue weighted by Gasteiger charge is 2.30. The number of allylic oxidation sites excluding steroid dienone is 4. The van der Waals surface area contributed by atoms with Crippen molar-refractivity contribution in [3.8, 4) is 0 Å². The minimum Gasteiger partial charge on any atom is -0.462 e. The monoisotopic (exact) mass is 1520 g/mol. The lowest BCUT2D eigenvalue weighted by atomic mass is 9.99. The smallest absolute Gasteiger partial charge is 0.462 e. The second kappa shape index (κ2) is 74.6. The normalized spacial score (nSPS) is 14.6. The van der Waals surface area contributed by atoms with E-state index in [-0.39, 0.29) is 25.7 Å². The molecule has 4 unspecified atom stereocenters. The van der Waals surface area contributed by atoms with Crippen molar-refractivity contribution in [2.45, 2.75) is 439 Å². The molecule has 17 nitrogen and oxygen atoms in total. The first-order valence-corrected chi connectivity index (χ1v) is 46.2. The topological polar surface area (TPSA) is 237 Å². The number of carbonyl (C=O) groups is 4. The fraction of sp³-hybridized carbons (Fsp3) is 0.906. The van der Waals surface area contributed by atoms with Crippen molar-refractivity contribution < 1.29 is 80.2 Å². The number of aliphatic hydroxyl groups is 1. The maximum atomic E-state index is 13.1. The molecule has 0 bridgehead atoms. The van der Waals surface area contributed by atoms with E-state index in [9.17, 15) is 43.2 Å². The molecule has 0 radical (unpaired) electrons. The summed E-state index contributed by atoms with van der Waals surface area (Å²) in [6.07, 6.45) is 67.5. The van der Waals surface area contributed by atoms with Crippen LogP contribution in [0.3, 0.4) is 0 Å². The molecule has 0 aromatic rings. The van der Waals surface area contributed by atoms with Gasteiger partial charge in [-0.05, 0) is 69.1 Å². The number of unbranched alkanes of at least 4 members (excludes halogenated alkanes) is 44. The van der Waals surface area contributed by atoms with E-state index in [0.717, 1.165) is 127 Å². The molecular weight excluding hydrogens is 1350 g/mol. The van der Waals surface area contributed by atoms with Gasteiger partial charge in [-0.3, -0.25) is 37.3 Å². The van der Waals surface area contributed by atoms with Gasteiger partial charge < -0.3 is 33.8 Å². The van der Waals surface area contributed by atoms with Crippen LogP contribution in [-0.4, -0.2) is 96.7 Å². The molecule has 614 valence electrons. The number of phosphoric acid groups is 2. The highest BCUT2D eigenvalue weighted by atomic mass is 31.2. The molecule has 0 aliphatic rings. The second-order valence-corrected chi connectivity index (χ2v) is 33.8. The lowest BCUT2D eigenvalue weighted by molar-refractivity contribution is -0.161. The zero-order chi connectivity index (χ0) is 76.5. The molecule has 19 heteroatoms. The number of ether oxygens (including phenoxy) is 4. The zero-order valence-corrected chi connectivity index (χ0v) is 69.8. The first-order chi connectivity index (χ1) is 50.3. The van der Waals surface area contributed by atoms with Crippen LogP contribution in [0.1, 0.15) is 421 Å². The van der Waals surface area contributed by atoms with Crippen molar-refractivity contribution in [2.24, 2.45) is 17.8 Å². The Hall–Kier alpha value is -2.46. The summed E-state index contributed by atoms with van der Waals surface area (Å²) in [4.78, 5) is 73.1. The van der Waals surface area contributed by atoms with Crippen molar-refractivity contribution in [3.63, 3.8) is 0 Å². The predicted molar refractivity (Wildman–Crippen MR) is 427 cm³/mol. The van der Waals surface area contributed by atoms with Crippen LogP contribution in [0.25, 0.3) is 0 Å². The third-order valence-electron chi connectivity index (χ3n) is 20.0. The number of phosphoric ester groups is 2. The summed E-state index contributed by atoms with van der Waals surface area (Å²) < 4.78 is 68.8. The fourth-order valence-electron chi connectivity index (χ4n) is 12.6. The molecule has 0 rings (SSSR count). The van der Waals surface area contributed by atoms with E-state index in [0.29, 0.717) is 25.7 Å². The van der Waals surface area contributed by atoms with Gasteiger partial charge in [0.15, 0.2) is 12.2 Å². The molecule has 0 amide bonds. The number of hydrogen-bond acceptors (Lipinski definition) is 15. The van der Waals surface area contributed by atoms with Gasteiger partial charge in [-0.15, -0.1) is 0 Å². The van der Waals surface area contributed by atoms with Crippen LogP contribution in [-0.2, 0) is 65.4 Å².